The maximum absolute atomic E-state index is 11.6. The van der Waals surface area contributed by atoms with Crippen molar-refractivity contribution in [2.45, 2.75) is 84.0 Å². The van der Waals surface area contributed by atoms with E-state index in [2.05, 4.69) is 6.92 Å². The van der Waals surface area contributed by atoms with Gasteiger partial charge >= 0.3 is 11.9 Å². The van der Waals surface area contributed by atoms with E-state index >= 15 is 0 Å². The second kappa shape index (κ2) is 17.7. The summed E-state index contributed by atoms with van der Waals surface area (Å²) in [6, 6.07) is 0. The standard InChI is InChI=1S/C20H39NO4/c1-4-5-6-7-8-9-10-11-12-13-16-24-19(22)15-14-17-25-20(23)18-21(2)3/h4-18H2,1-3H3. The summed E-state index contributed by atoms with van der Waals surface area (Å²) in [4.78, 5) is 24.6. The summed E-state index contributed by atoms with van der Waals surface area (Å²) in [5, 5.41) is 0. The number of hydrogen-bond donors (Lipinski definition) is 0. The van der Waals surface area contributed by atoms with Crippen molar-refractivity contribution in [1.82, 2.24) is 4.90 Å². The van der Waals surface area contributed by atoms with Crippen molar-refractivity contribution in [3.8, 4) is 0 Å². The summed E-state index contributed by atoms with van der Waals surface area (Å²) in [7, 11) is 3.62. The average molecular weight is 358 g/mol. The molecular weight excluding hydrogens is 318 g/mol. The largest absolute Gasteiger partial charge is 0.466 e. The van der Waals surface area contributed by atoms with Crippen molar-refractivity contribution >= 4 is 11.9 Å². The van der Waals surface area contributed by atoms with Crippen molar-refractivity contribution < 1.29 is 19.1 Å². The number of hydrogen-bond acceptors (Lipinski definition) is 5. The molecule has 0 N–H and O–H groups in total. The van der Waals surface area contributed by atoms with Crippen LogP contribution in [0.3, 0.4) is 0 Å². The topological polar surface area (TPSA) is 55.8 Å². The van der Waals surface area contributed by atoms with Crippen LogP contribution in [0, 0.1) is 0 Å². The van der Waals surface area contributed by atoms with Gasteiger partial charge in [0.25, 0.3) is 0 Å². The van der Waals surface area contributed by atoms with Gasteiger partial charge in [0.15, 0.2) is 0 Å². The molecule has 25 heavy (non-hydrogen) atoms. The molecule has 0 saturated carbocycles. The molecule has 0 spiro atoms. The Morgan fingerprint density at radius 3 is 1.72 bits per heavy atom. The smallest absolute Gasteiger partial charge is 0.320 e. The van der Waals surface area contributed by atoms with Crippen molar-refractivity contribution in [3.05, 3.63) is 0 Å². The second-order valence-electron chi connectivity index (χ2n) is 6.96. The summed E-state index contributed by atoms with van der Waals surface area (Å²) in [6.07, 6.45) is 13.5. The van der Waals surface area contributed by atoms with Crippen molar-refractivity contribution in [2.24, 2.45) is 0 Å². The van der Waals surface area contributed by atoms with Crippen LogP contribution in [0.4, 0.5) is 0 Å². The lowest BCUT2D eigenvalue weighted by Gasteiger charge is -2.09. The fourth-order valence-electron chi connectivity index (χ4n) is 2.55. The molecule has 0 aliphatic carbocycles. The van der Waals surface area contributed by atoms with Crippen LogP contribution in [0.5, 0.6) is 0 Å². The van der Waals surface area contributed by atoms with Gasteiger partial charge in [-0.25, -0.2) is 0 Å². The zero-order valence-electron chi connectivity index (χ0n) is 16.7. The van der Waals surface area contributed by atoms with Gasteiger partial charge in [0.05, 0.1) is 19.8 Å². The van der Waals surface area contributed by atoms with E-state index in [4.69, 9.17) is 9.47 Å². The molecule has 0 atom stereocenters. The van der Waals surface area contributed by atoms with E-state index in [1.807, 2.05) is 14.1 Å². The maximum Gasteiger partial charge on any atom is 0.320 e. The van der Waals surface area contributed by atoms with Gasteiger partial charge in [-0.15, -0.1) is 0 Å². The van der Waals surface area contributed by atoms with Crippen LogP contribution in [-0.2, 0) is 19.1 Å². The Labute approximate surface area is 154 Å². The summed E-state index contributed by atoms with van der Waals surface area (Å²) < 4.78 is 10.2. The molecule has 0 aromatic carbocycles. The van der Waals surface area contributed by atoms with Gasteiger partial charge in [-0.05, 0) is 26.9 Å². The fraction of sp³-hybridized carbons (Fsp3) is 0.900. The quantitative estimate of drug-likeness (QED) is 0.286. The molecule has 0 aliphatic heterocycles. The molecule has 0 heterocycles. The highest BCUT2D eigenvalue weighted by molar-refractivity contribution is 5.71. The van der Waals surface area contributed by atoms with Crippen molar-refractivity contribution in [2.75, 3.05) is 33.9 Å². The number of carbonyl (C=O) groups excluding carboxylic acids is 2. The van der Waals surface area contributed by atoms with Crippen molar-refractivity contribution in [1.29, 1.82) is 0 Å². The molecular formula is C20H39NO4. The molecule has 148 valence electrons. The van der Waals surface area contributed by atoms with E-state index < -0.39 is 0 Å². The van der Waals surface area contributed by atoms with Crippen molar-refractivity contribution in [3.63, 3.8) is 0 Å². The molecule has 0 rings (SSSR count). The summed E-state index contributed by atoms with van der Waals surface area (Å²) in [6.45, 7) is 3.30. The first kappa shape index (κ1) is 23.9. The van der Waals surface area contributed by atoms with Crippen LogP contribution in [0.1, 0.15) is 84.0 Å². The minimum absolute atomic E-state index is 0.195. The predicted octanol–water partition coefficient (Wildman–Crippen LogP) is 4.34. The first-order chi connectivity index (χ1) is 12.1. The van der Waals surface area contributed by atoms with Crippen LogP contribution in [0.15, 0.2) is 0 Å². The highest BCUT2D eigenvalue weighted by Crippen LogP contribution is 2.10. The lowest BCUT2D eigenvalue weighted by Crippen LogP contribution is -2.24. The zero-order valence-corrected chi connectivity index (χ0v) is 16.7. The first-order valence-electron chi connectivity index (χ1n) is 10.0. The summed E-state index contributed by atoms with van der Waals surface area (Å²) in [5.41, 5.74) is 0. The van der Waals surface area contributed by atoms with Crippen LogP contribution < -0.4 is 0 Å². The van der Waals surface area contributed by atoms with Gasteiger partial charge in [-0.2, -0.15) is 0 Å². The molecule has 0 radical (unpaired) electrons. The molecule has 5 heteroatoms. The van der Waals surface area contributed by atoms with Gasteiger partial charge in [-0.1, -0.05) is 64.7 Å². The Morgan fingerprint density at radius 1 is 0.680 bits per heavy atom. The predicted molar refractivity (Wildman–Crippen MR) is 102 cm³/mol. The van der Waals surface area contributed by atoms with Gasteiger partial charge < -0.3 is 9.47 Å². The third-order valence-electron chi connectivity index (χ3n) is 3.99. The molecule has 0 aromatic heterocycles. The van der Waals surface area contributed by atoms with E-state index in [9.17, 15) is 9.59 Å². The van der Waals surface area contributed by atoms with E-state index in [-0.39, 0.29) is 25.1 Å². The average Bonchev–Trinajstić information content (AvgIpc) is 2.56. The van der Waals surface area contributed by atoms with Crippen LogP contribution >= 0.6 is 0 Å². The number of rotatable bonds is 17. The minimum atomic E-state index is -0.260. The first-order valence-corrected chi connectivity index (χ1v) is 10.0. The SMILES string of the molecule is CCCCCCCCCCCCOC(=O)CCCOC(=O)CN(C)C. The number of unbranched alkanes of at least 4 members (excludes halogenated alkanes) is 9. The van der Waals surface area contributed by atoms with Gasteiger partial charge in [0.1, 0.15) is 0 Å². The van der Waals surface area contributed by atoms with E-state index in [0.29, 0.717) is 19.4 Å². The lowest BCUT2D eigenvalue weighted by molar-refractivity contribution is -0.148. The van der Waals surface area contributed by atoms with E-state index in [1.165, 1.54) is 51.4 Å². The molecule has 5 nitrogen and oxygen atoms in total. The Bertz CT molecular complexity index is 332. The number of nitrogens with zero attached hydrogens (tertiary/aromatic N) is 1. The Balaban J connectivity index is 3.27. The van der Waals surface area contributed by atoms with Crippen LogP contribution in [-0.4, -0.2) is 50.7 Å². The summed E-state index contributed by atoms with van der Waals surface area (Å²) in [5.74, 6) is -0.455. The number of likely N-dealkylation sites (N-methyl/N-ethyl adjacent to an activating group) is 1. The molecule has 0 aromatic rings. The fourth-order valence-corrected chi connectivity index (χ4v) is 2.55. The summed E-state index contributed by atoms with van der Waals surface area (Å²) >= 11 is 0. The molecule has 0 fully saturated rings. The third kappa shape index (κ3) is 19.1. The number of esters is 2. The van der Waals surface area contributed by atoms with Gasteiger partial charge in [-0.3, -0.25) is 14.5 Å². The second-order valence-corrected chi connectivity index (χ2v) is 6.96. The third-order valence-corrected chi connectivity index (χ3v) is 3.99. The minimum Gasteiger partial charge on any atom is -0.466 e. The van der Waals surface area contributed by atoms with Crippen LogP contribution in [0.2, 0.25) is 0 Å². The van der Waals surface area contributed by atoms with Gasteiger partial charge in [0, 0.05) is 6.42 Å². The maximum atomic E-state index is 11.6. The molecule has 0 unspecified atom stereocenters. The Kier molecular flexibility index (Phi) is 16.9. The van der Waals surface area contributed by atoms with E-state index in [1.54, 1.807) is 4.90 Å². The number of carbonyl (C=O) groups is 2. The molecule has 0 saturated heterocycles. The zero-order chi connectivity index (χ0) is 18.8. The Hall–Kier alpha value is -1.10. The molecule has 0 aliphatic rings. The van der Waals surface area contributed by atoms with Crippen LogP contribution in [0.25, 0.3) is 0 Å². The molecule has 0 amide bonds. The highest BCUT2D eigenvalue weighted by atomic mass is 16.5. The number of ether oxygens (including phenoxy) is 2. The van der Waals surface area contributed by atoms with Gasteiger partial charge in [0.2, 0.25) is 0 Å². The lowest BCUT2D eigenvalue weighted by atomic mass is 10.1. The molecule has 0 bridgehead atoms. The van der Waals surface area contributed by atoms with E-state index in [0.717, 1.165) is 12.8 Å². The Morgan fingerprint density at radius 2 is 1.16 bits per heavy atom. The monoisotopic (exact) mass is 357 g/mol. The highest BCUT2D eigenvalue weighted by Gasteiger charge is 2.06. The normalized spacial score (nSPS) is 10.9.